The maximum Gasteiger partial charge on any atom is 0.240 e. The molecular weight excluding hydrogens is 1670 g/mol. The van der Waals surface area contributed by atoms with E-state index >= 15 is 9.59 Å². The average molecular weight is 1790 g/mol. The summed E-state index contributed by atoms with van der Waals surface area (Å²) in [7, 11) is -7.93. The van der Waals surface area contributed by atoms with E-state index in [0.29, 0.717) is 84.5 Å². The summed E-state index contributed by atoms with van der Waals surface area (Å²) in [5.41, 5.74) is 8.89. The number of aromatic nitrogens is 4. The van der Waals surface area contributed by atoms with Crippen molar-refractivity contribution in [2.24, 2.45) is 34.5 Å². The molecule has 10 atom stereocenters. The monoisotopic (exact) mass is 1790 g/mol. The Labute approximate surface area is 749 Å². The maximum absolute atomic E-state index is 15.1. The van der Waals surface area contributed by atoms with E-state index in [1.165, 1.54) is 34.8 Å². The molecule has 4 amide bonds. The summed E-state index contributed by atoms with van der Waals surface area (Å²) in [6, 6.07) is 19.8. The normalized spacial score (nSPS) is 21.9. The number of hydrogen-bond donors (Lipinski definition) is 2. The summed E-state index contributed by atoms with van der Waals surface area (Å²) in [4.78, 5) is 111. The number of halogens is 2. The van der Waals surface area contributed by atoms with Gasteiger partial charge in [0.1, 0.15) is 56.7 Å². The third-order valence-corrected chi connectivity index (χ3v) is 33.5. The lowest BCUT2D eigenvalue weighted by Crippen LogP contribution is -2.47. The molecule has 4 saturated carbocycles. The van der Waals surface area contributed by atoms with E-state index in [1.54, 1.807) is 67.8 Å². The molecule has 672 valence electrons. The largest absolute Gasteiger partial charge is 0.488 e. The Morgan fingerprint density at radius 2 is 0.929 bits per heavy atom. The zero-order chi connectivity index (χ0) is 90.9. The van der Waals surface area contributed by atoms with E-state index in [0.717, 1.165) is 122 Å². The fraction of sp³-hybridized carbons (Fsp3) is 0.500. The van der Waals surface area contributed by atoms with Gasteiger partial charge < -0.3 is 19.3 Å². The van der Waals surface area contributed by atoms with Crippen LogP contribution in [0.15, 0.2) is 134 Å². The number of allylic oxidation sites excluding steroid dienone is 4. The molecule has 0 unspecified atom stereocenters. The Morgan fingerprint density at radius 1 is 0.524 bits per heavy atom. The van der Waals surface area contributed by atoms with Gasteiger partial charge in [-0.15, -0.1) is 49.0 Å². The van der Waals surface area contributed by atoms with E-state index in [-0.39, 0.29) is 105 Å². The van der Waals surface area contributed by atoms with Crippen molar-refractivity contribution in [2.45, 2.75) is 270 Å². The number of nitrogens with zero attached hydrogens (tertiary/aromatic N) is 6. The molecule has 2 N–H and O–H groups in total. The van der Waals surface area contributed by atoms with Crippen LogP contribution < -0.4 is 18.9 Å². The van der Waals surface area contributed by atoms with E-state index in [1.807, 2.05) is 93.1 Å². The number of carbonyl (C=O) groups excluding carboxylic acids is 6. The molecule has 6 aliphatic rings. The number of benzene rings is 4. The first-order valence-corrected chi connectivity index (χ1v) is 49.4. The van der Waals surface area contributed by atoms with Crippen molar-refractivity contribution in [1.29, 1.82) is 0 Å². The third-order valence-electron chi connectivity index (χ3n) is 27.4. The molecule has 0 bridgehead atoms. The Morgan fingerprint density at radius 3 is 1.29 bits per heavy atom. The molecular formula is C100H122F2N8O12S4. The van der Waals surface area contributed by atoms with Crippen molar-refractivity contribution >= 4 is 99.7 Å². The molecule has 4 aliphatic carbocycles. The fourth-order valence-electron chi connectivity index (χ4n) is 17.8. The number of amides is 4. The van der Waals surface area contributed by atoms with Gasteiger partial charge in [-0.25, -0.2) is 45.6 Å². The number of carbonyl (C=O) groups is 6. The van der Waals surface area contributed by atoms with Crippen LogP contribution >= 0.6 is 22.7 Å². The Balaban J connectivity index is 0.000000216. The molecule has 0 radical (unpaired) electrons. The molecule has 26 heteroatoms. The predicted octanol–water partition coefficient (Wildman–Crippen LogP) is 20.1. The number of ether oxygens (including phenoxy) is 2. The Hall–Kier alpha value is -9.50. The number of Topliss-reactive ketones (excluding diaryl/α,β-unsaturated/α-hetero) is 2. The molecule has 4 aromatic carbocycles. The van der Waals surface area contributed by atoms with Gasteiger partial charge in [0.05, 0.1) is 67.9 Å². The Kier molecular flexibility index (Phi) is 28.7. The molecule has 6 heterocycles. The number of thiazole rings is 2. The highest BCUT2D eigenvalue weighted by Crippen LogP contribution is 2.59. The van der Waals surface area contributed by atoms with Crippen molar-refractivity contribution in [3.05, 3.63) is 202 Å². The molecule has 8 aromatic rings. The standard InChI is InChI=1S/2C50H61FN4O6S2/c1-9-11-12-13-14-15-35(22-34-18-16-32(6)39(51)23-34)47(57)55-28-37(24-42(55)43(56)27-50(26-36(50)10-2)48(58)54-63(59,60)49(8)20-21-49)61-44-25-40(46-53-41(29-62-46)30(3)4)52-45-33(7)31(5)17-19-38(44)45;1-9-11-12-13-14-15-35(23-34-17-19-39(51)32(6)22-34)47(57)55-28-37(24-42(55)43(56)27-50(26-36(50)10-2)48(58)54-63(59,60)49(8)20-21-49)61-44-25-40(46-53-41(29-62-46)30(3)4)52-45-33(7)31(5)16-18-38(44)45/h9-10,16-19,23,25,29-30,35-37,42H,1-2,11-15,20-22,24,26-28H2,3-8H3,(H,54,58);9-10,16-19,22,25,29-30,35-37,42H,1-2,11-15,20-21,23-24,26-28H2,3-8H3,(H,54,58)/t2*35-,36-,37-,42+,50-/m11/s1. The molecule has 4 aromatic heterocycles. The highest BCUT2D eigenvalue weighted by Gasteiger charge is 2.64. The molecule has 2 saturated heterocycles. The summed E-state index contributed by atoms with van der Waals surface area (Å²) in [5.74, 6) is -3.49. The van der Waals surface area contributed by atoms with Crippen LogP contribution in [0, 0.1) is 87.7 Å². The van der Waals surface area contributed by atoms with Gasteiger partial charge in [-0.2, -0.15) is 0 Å². The topological polar surface area (TPSA) is 271 Å². The lowest BCUT2D eigenvalue weighted by molar-refractivity contribution is -0.142. The number of nitrogens with one attached hydrogen (secondary N) is 2. The molecule has 2 aliphatic heterocycles. The van der Waals surface area contributed by atoms with Gasteiger partial charge >= 0.3 is 0 Å². The number of aryl methyl sites for hydroxylation is 6. The van der Waals surface area contributed by atoms with Crippen molar-refractivity contribution in [3.63, 3.8) is 0 Å². The number of ketones is 2. The molecule has 14 rings (SSSR count). The predicted molar refractivity (Wildman–Crippen MR) is 495 cm³/mol. The lowest BCUT2D eigenvalue weighted by Gasteiger charge is -2.29. The molecule has 126 heavy (non-hydrogen) atoms. The highest BCUT2D eigenvalue weighted by atomic mass is 32.2. The fourth-order valence-corrected chi connectivity index (χ4v) is 22.3. The van der Waals surface area contributed by atoms with Crippen molar-refractivity contribution < 1.29 is 63.9 Å². The second-order valence-corrected chi connectivity index (χ2v) is 43.6. The van der Waals surface area contributed by atoms with Gasteiger partial charge in [-0.05, 0) is 238 Å². The van der Waals surface area contributed by atoms with Crippen LogP contribution in [0.4, 0.5) is 8.78 Å². The second kappa shape index (κ2) is 38.4. The number of likely N-dealkylation sites (tertiary alicyclic amines) is 2. The van der Waals surface area contributed by atoms with Gasteiger partial charge in [0, 0.05) is 71.2 Å². The van der Waals surface area contributed by atoms with E-state index in [9.17, 15) is 44.8 Å². The number of fused-ring (bicyclic) bond motifs is 2. The Bertz CT molecular complexity index is 5440. The van der Waals surface area contributed by atoms with Gasteiger partial charge in [-0.3, -0.25) is 38.2 Å². The highest BCUT2D eigenvalue weighted by molar-refractivity contribution is 7.92. The van der Waals surface area contributed by atoms with Crippen LogP contribution in [-0.2, 0) is 61.7 Å². The summed E-state index contributed by atoms with van der Waals surface area (Å²) in [5, 5.41) is 7.19. The molecule has 20 nitrogen and oxygen atoms in total. The zero-order valence-electron chi connectivity index (χ0n) is 74.9. The average Bonchev–Trinajstić information content (AvgIpc) is 1.55. The van der Waals surface area contributed by atoms with E-state index < -0.39 is 100 Å². The van der Waals surface area contributed by atoms with Crippen LogP contribution in [0.5, 0.6) is 11.5 Å². The lowest BCUT2D eigenvalue weighted by atomic mass is 9.89. The van der Waals surface area contributed by atoms with E-state index in [2.05, 4.69) is 63.5 Å². The molecule has 0 spiro atoms. The number of unbranched alkanes of at least 4 members (excludes halogenated alkanes) is 6. The zero-order valence-corrected chi connectivity index (χ0v) is 78.2. The first-order chi connectivity index (χ1) is 59.8. The van der Waals surface area contributed by atoms with Crippen LogP contribution in [0.25, 0.3) is 43.2 Å². The van der Waals surface area contributed by atoms with Gasteiger partial charge in [0.25, 0.3) is 0 Å². The maximum atomic E-state index is 15.1. The van der Waals surface area contributed by atoms with Crippen molar-refractivity contribution in [1.82, 2.24) is 39.2 Å². The molecule has 6 fully saturated rings. The minimum Gasteiger partial charge on any atom is -0.488 e. The van der Waals surface area contributed by atoms with Gasteiger partial charge in [0.2, 0.25) is 43.7 Å². The first-order valence-electron chi connectivity index (χ1n) is 44.6. The van der Waals surface area contributed by atoms with Crippen LogP contribution in [0.2, 0.25) is 0 Å². The van der Waals surface area contributed by atoms with Crippen molar-refractivity contribution in [3.8, 4) is 32.9 Å². The van der Waals surface area contributed by atoms with Crippen molar-refractivity contribution in [2.75, 3.05) is 13.1 Å². The summed E-state index contributed by atoms with van der Waals surface area (Å²) < 4.78 is 98.7. The summed E-state index contributed by atoms with van der Waals surface area (Å²) in [6.07, 6.45) is 16.5. The minimum atomic E-state index is -3.97. The summed E-state index contributed by atoms with van der Waals surface area (Å²) in [6.45, 7) is 38.8. The number of sulfonamides is 2. The first kappa shape index (κ1) is 94.1. The smallest absolute Gasteiger partial charge is 0.240 e. The number of hydrogen-bond acceptors (Lipinski definition) is 18. The minimum absolute atomic E-state index is 0.0972. The van der Waals surface area contributed by atoms with Crippen LogP contribution in [0.1, 0.15) is 238 Å². The number of rotatable bonds is 40. The number of pyridine rings is 2. The van der Waals surface area contributed by atoms with Crippen LogP contribution in [-0.4, -0.2) is 129 Å². The summed E-state index contributed by atoms with van der Waals surface area (Å²) >= 11 is 3.04. The van der Waals surface area contributed by atoms with Crippen LogP contribution in [0.3, 0.4) is 0 Å². The van der Waals surface area contributed by atoms with E-state index in [4.69, 9.17) is 29.4 Å². The quantitative estimate of drug-likeness (QED) is 0.0267. The second-order valence-electron chi connectivity index (χ2n) is 37.5. The van der Waals surface area contributed by atoms with Gasteiger partial charge in [0.15, 0.2) is 11.6 Å². The SMILES string of the molecule is C=CCCCCC[C@H](Cc1ccc(C)c(F)c1)C(=O)N1C[C@H](Oc2cc(-c3nc(C(C)C)cs3)nc3c(C)c(C)ccc23)C[C@H]1C(=O)C[C@]1(C(=O)NS(=O)(=O)C2(C)CC2)C[C@H]1C=C.C=CCCCCC[C@H](Cc1ccc(F)c(C)c1)C(=O)N1C[C@H](Oc2cc(-c3nc(C(C)C)cs3)nc3c(C)c(C)ccc23)C[C@H]1C(=O)C[C@]1(C(=O)NS(=O)(=O)C2(C)CC2)C[C@H]1C=C. The van der Waals surface area contributed by atoms with Gasteiger partial charge in [-0.1, -0.05) is 114 Å². The third kappa shape index (κ3) is 20.5.